The van der Waals surface area contributed by atoms with Crippen molar-refractivity contribution in [2.24, 2.45) is 5.92 Å². The van der Waals surface area contributed by atoms with Crippen LogP contribution in [0.15, 0.2) is 53.4 Å². The van der Waals surface area contributed by atoms with Crippen LogP contribution in [-0.2, 0) is 20.5 Å². The number of carbonyl (C=O) groups excluding carboxylic acids is 2. The number of halogens is 1. The number of rotatable bonds is 8. The van der Waals surface area contributed by atoms with E-state index in [1.54, 1.807) is 69.3 Å². The van der Waals surface area contributed by atoms with Crippen LogP contribution >= 0.6 is 11.6 Å². The van der Waals surface area contributed by atoms with E-state index in [0.29, 0.717) is 27.8 Å². The van der Waals surface area contributed by atoms with Crippen molar-refractivity contribution >= 4 is 34.6 Å². The lowest BCUT2D eigenvalue weighted by Gasteiger charge is -2.26. The van der Waals surface area contributed by atoms with Gasteiger partial charge >= 0.3 is 6.09 Å². The van der Waals surface area contributed by atoms with E-state index in [4.69, 9.17) is 21.1 Å². The van der Waals surface area contributed by atoms with Gasteiger partial charge in [0.25, 0.3) is 5.91 Å². The molecule has 32 heavy (non-hydrogen) atoms. The molecule has 7 nitrogen and oxygen atoms in total. The van der Waals surface area contributed by atoms with Gasteiger partial charge in [0.05, 0.1) is 4.90 Å². The van der Waals surface area contributed by atoms with Crippen molar-refractivity contribution in [1.82, 2.24) is 10.0 Å². The molecule has 2 aromatic carbocycles. The second-order valence-corrected chi connectivity index (χ2v) is 9.92. The quantitative estimate of drug-likeness (QED) is 0.540. The predicted molar refractivity (Wildman–Crippen MR) is 125 cm³/mol. The van der Waals surface area contributed by atoms with Crippen molar-refractivity contribution in [3.63, 3.8) is 0 Å². The standard InChI is InChI=1S/C23H29ClN2O5S/c1-6-15(2)20(25-22(28)31-23(3,4)5)21(27)26-32(29)19-9-7-8-18(14-19)30-17-12-10-16(24)11-13-17/h7-15,20H,6H2,1-5H3,(H,25,28)(H,26,27)/t15-,20-,32?/m0/s1. The SMILES string of the molecule is CC[C@H](C)[C@H](NC(=O)OC(C)(C)C)C(=O)NS(=O)c1cccc(Oc2ccc(Cl)cc2)c1. The summed E-state index contributed by atoms with van der Waals surface area (Å²) in [6, 6.07) is 12.5. The predicted octanol–water partition coefficient (Wildman–Crippen LogP) is 5.21. The summed E-state index contributed by atoms with van der Waals surface area (Å²) in [5.74, 6) is 0.268. The minimum absolute atomic E-state index is 0.195. The fraction of sp³-hybridized carbons (Fsp3) is 0.391. The zero-order chi connectivity index (χ0) is 23.9. The Morgan fingerprint density at radius 1 is 1.09 bits per heavy atom. The molecule has 0 fully saturated rings. The van der Waals surface area contributed by atoms with Gasteiger partial charge in [0.15, 0.2) is 11.0 Å². The maximum absolute atomic E-state index is 12.8. The van der Waals surface area contributed by atoms with Gasteiger partial charge in [0, 0.05) is 5.02 Å². The Morgan fingerprint density at radius 2 is 1.75 bits per heavy atom. The first kappa shape index (κ1) is 25.7. The maximum Gasteiger partial charge on any atom is 0.408 e. The van der Waals surface area contributed by atoms with Crippen molar-refractivity contribution in [2.45, 2.75) is 57.6 Å². The molecule has 174 valence electrons. The summed E-state index contributed by atoms with van der Waals surface area (Å²) in [4.78, 5) is 25.3. The van der Waals surface area contributed by atoms with Crippen LogP contribution in [-0.4, -0.2) is 27.9 Å². The molecule has 0 heterocycles. The van der Waals surface area contributed by atoms with E-state index in [-0.39, 0.29) is 5.92 Å². The summed E-state index contributed by atoms with van der Waals surface area (Å²) in [5, 5.41) is 3.17. The lowest BCUT2D eigenvalue weighted by Crippen LogP contribution is -2.51. The number of hydrogen-bond donors (Lipinski definition) is 2. The van der Waals surface area contributed by atoms with Crippen LogP contribution in [0.2, 0.25) is 5.02 Å². The Kier molecular flexibility index (Phi) is 9.09. The number of hydrogen-bond acceptors (Lipinski definition) is 5. The fourth-order valence-corrected chi connectivity index (χ4v) is 3.62. The Bertz CT molecular complexity index is 960. The Hall–Kier alpha value is -2.58. The summed E-state index contributed by atoms with van der Waals surface area (Å²) in [6.45, 7) is 8.93. The molecule has 3 atom stereocenters. The van der Waals surface area contributed by atoms with E-state index >= 15 is 0 Å². The second-order valence-electron chi connectivity index (χ2n) is 8.28. The molecule has 0 bridgehead atoms. The molecular formula is C23H29ClN2O5S. The molecule has 0 aromatic heterocycles. The Labute approximate surface area is 196 Å². The van der Waals surface area contributed by atoms with Crippen LogP contribution in [0, 0.1) is 5.92 Å². The third-order valence-corrected chi connectivity index (χ3v) is 5.75. The highest BCUT2D eigenvalue weighted by Gasteiger charge is 2.29. The van der Waals surface area contributed by atoms with Crippen LogP contribution in [0.3, 0.4) is 0 Å². The molecule has 2 rings (SSSR count). The molecule has 9 heteroatoms. The molecule has 0 radical (unpaired) electrons. The van der Waals surface area contributed by atoms with Gasteiger partial charge in [-0.25, -0.2) is 9.00 Å². The Balaban J connectivity index is 2.09. The van der Waals surface area contributed by atoms with E-state index in [2.05, 4.69) is 10.0 Å². The zero-order valence-corrected chi connectivity index (χ0v) is 20.4. The van der Waals surface area contributed by atoms with Crippen molar-refractivity contribution in [2.75, 3.05) is 0 Å². The van der Waals surface area contributed by atoms with Gasteiger partial charge in [-0.05, 0) is 69.2 Å². The van der Waals surface area contributed by atoms with Gasteiger partial charge < -0.3 is 14.8 Å². The van der Waals surface area contributed by atoms with Crippen molar-refractivity contribution in [1.29, 1.82) is 0 Å². The van der Waals surface area contributed by atoms with Crippen molar-refractivity contribution < 1.29 is 23.3 Å². The molecule has 2 amide bonds. The molecule has 0 saturated heterocycles. The summed E-state index contributed by atoms with van der Waals surface area (Å²) >= 11 is 5.88. The van der Waals surface area contributed by atoms with E-state index in [9.17, 15) is 13.8 Å². The van der Waals surface area contributed by atoms with Gasteiger partial charge in [-0.1, -0.05) is 37.9 Å². The van der Waals surface area contributed by atoms with Gasteiger partial charge in [0.1, 0.15) is 23.1 Å². The highest BCUT2D eigenvalue weighted by atomic mass is 35.5. The summed E-state index contributed by atoms with van der Waals surface area (Å²) in [5.41, 5.74) is -0.700. The fourth-order valence-electron chi connectivity index (χ4n) is 2.64. The second kappa shape index (κ2) is 11.3. The van der Waals surface area contributed by atoms with Crippen LogP contribution < -0.4 is 14.8 Å². The molecule has 0 aliphatic carbocycles. The largest absolute Gasteiger partial charge is 0.457 e. The lowest BCUT2D eigenvalue weighted by atomic mass is 9.99. The topological polar surface area (TPSA) is 93.7 Å². The third-order valence-electron chi connectivity index (χ3n) is 4.43. The average molecular weight is 481 g/mol. The van der Waals surface area contributed by atoms with Gasteiger partial charge in [-0.15, -0.1) is 0 Å². The van der Waals surface area contributed by atoms with E-state index < -0.39 is 34.6 Å². The molecule has 2 N–H and O–H groups in total. The molecule has 1 unspecified atom stereocenters. The maximum atomic E-state index is 12.8. The van der Waals surface area contributed by atoms with Crippen LogP contribution in [0.1, 0.15) is 41.0 Å². The van der Waals surface area contributed by atoms with Crippen LogP contribution in [0.4, 0.5) is 4.79 Å². The summed E-state index contributed by atoms with van der Waals surface area (Å²) in [7, 11) is -1.85. The normalized spacial score (nSPS) is 14.1. The molecule has 0 spiro atoms. The van der Waals surface area contributed by atoms with Gasteiger partial charge in [-0.3, -0.25) is 9.52 Å². The molecule has 0 aliphatic rings. The average Bonchev–Trinajstić information content (AvgIpc) is 2.72. The van der Waals surface area contributed by atoms with E-state index in [0.717, 1.165) is 0 Å². The summed E-state index contributed by atoms with van der Waals surface area (Å²) < 4.78 is 26.3. The smallest absolute Gasteiger partial charge is 0.408 e. The third kappa shape index (κ3) is 8.16. The Morgan fingerprint density at radius 3 is 2.34 bits per heavy atom. The highest BCUT2D eigenvalue weighted by Crippen LogP contribution is 2.24. The number of ether oxygens (including phenoxy) is 2. The van der Waals surface area contributed by atoms with E-state index in [1.807, 2.05) is 13.8 Å². The van der Waals surface area contributed by atoms with Crippen LogP contribution in [0.5, 0.6) is 11.5 Å². The monoisotopic (exact) mass is 480 g/mol. The van der Waals surface area contributed by atoms with E-state index in [1.165, 1.54) is 0 Å². The summed E-state index contributed by atoms with van der Waals surface area (Å²) in [6.07, 6.45) is -0.0765. The first-order valence-electron chi connectivity index (χ1n) is 10.2. The highest BCUT2D eigenvalue weighted by molar-refractivity contribution is 7.83. The number of nitrogens with one attached hydrogen (secondary N) is 2. The lowest BCUT2D eigenvalue weighted by molar-refractivity contribution is -0.122. The van der Waals surface area contributed by atoms with Crippen LogP contribution in [0.25, 0.3) is 0 Å². The van der Waals surface area contributed by atoms with Gasteiger partial charge in [-0.2, -0.15) is 0 Å². The minimum atomic E-state index is -1.85. The van der Waals surface area contributed by atoms with Crippen molar-refractivity contribution in [3.05, 3.63) is 53.6 Å². The number of benzene rings is 2. The zero-order valence-electron chi connectivity index (χ0n) is 18.8. The number of carbonyl (C=O) groups is 2. The molecular weight excluding hydrogens is 452 g/mol. The first-order valence-corrected chi connectivity index (χ1v) is 11.8. The minimum Gasteiger partial charge on any atom is -0.457 e. The molecule has 0 aliphatic heterocycles. The number of amides is 2. The first-order chi connectivity index (χ1) is 15.0. The van der Waals surface area contributed by atoms with Crippen molar-refractivity contribution in [3.8, 4) is 11.5 Å². The number of alkyl carbamates (subject to hydrolysis) is 1. The molecule has 0 saturated carbocycles. The van der Waals surface area contributed by atoms with Gasteiger partial charge in [0.2, 0.25) is 0 Å². The molecule has 2 aromatic rings.